The first-order valence-corrected chi connectivity index (χ1v) is 7.60. The van der Waals surface area contributed by atoms with E-state index in [9.17, 15) is 4.79 Å². The van der Waals surface area contributed by atoms with Crippen molar-refractivity contribution in [2.24, 2.45) is 5.92 Å². The lowest BCUT2D eigenvalue weighted by molar-refractivity contribution is -0.188. The highest BCUT2D eigenvalue weighted by Crippen LogP contribution is 2.17. The predicted molar refractivity (Wildman–Crippen MR) is 76.0 cm³/mol. The molecule has 0 unspecified atom stereocenters. The molecular formula is C14H27N3O3. The van der Waals surface area contributed by atoms with Crippen LogP contribution in [0.5, 0.6) is 0 Å². The highest BCUT2D eigenvalue weighted by atomic mass is 16.8. The normalized spacial score (nSPS) is 28.7. The largest absolute Gasteiger partial charge is 0.350 e. The van der Waals surface area contributed by atoms with Gasteiger partial charge in [-0.1, -0.05) is 13.8 Å². The van der Waals surface area contributed by atoms with Gasteiger partial charge in [-0.15, -0.1) is 0 Å². The number of carbonyl (C=O) groups excluding carboxylic acids is 1. The van der Waals surface area contributed by atoms with E-state index < -0.39 is 0 Å². The van der Waals surface area contributed by atoms with Gasteiger partial charge in [0.1, 0.15) is 0 Å². The first kappa shape index (κ1) is 15.5. The van der Waals surface area contributed by atoms with Crippen LogP contribution in [0.25, 0.3) is 0 Å². The highest BCUT2D eigenvalue weighted by molar-refractivity contribution is 5.73. The molecule has 6 heteroatoms. The Hall–Kier alpha value is -0.850. The van der Waals surface area contributed by atoms with E-state index in [0.29, 0.717) is 12.5 Å². The molecule has 0 spiro atoms. The van der Waals surface area contributed by atoms with Crippen molar-refractivity contribution in [1.29, 1.82) is 0 Å². The molecule has 0 aromatic rings. The molecule has 0 aromatic carbocycles. The van der Waals surface area contributed by atoms with E-state index in [0.717, 1.165) is 38.9 Å². The average Bonchev–Trinajstić information content (AvgIpc) is 2.45. The van der Waals surface area contributed by atoms with Gasteiger partial charge < -0.3 is 14.5 Å². The van der Waals surface area contributed by atoms with Crippen molar-refractivity contribution < 1.29 is 14.4 Å². The molecule has 0 aromatic heterocycles. The number of likely N-dealkylation sites (N-methyl/N-ethyl adjacent to an activating group) is 1. The number of piperazine rings is 1. The number of nitrogens with zero attached hydrogens (tertiary/aromatic N) is 2. The van der Waals surface area contributed by atoms with Gasteiger partial charge in [0.2, 0.25) is 0 Å². The third-order valence-electron chi connectivity index (χ3n) is 4.07. The summed E-state index contributed by atoms with van der Waals surface area (Å²) in [6.07, 6.45) is 2.71. The van der Waals surface area contributed by atoms with Crippen molar-refractivity contribution in [3.05, 3.63) is 0 Å². The van der Waals surface area contributed by atoms with Gasteiger partial charge in [0, 0.05) is 38.7 Å². The van der Waals surface area contributed by atoms with Crippen molar-refractivity contribution in [2.45, 2.75) is 45.4 Å². The summed E-state index contributed by atoms with van der Waals surface area (Å²) in [5.41, 5.74) is 2.57. The number of ether oxygens (including phenoxy) is 1. The van der Waals surface area contributed by atoms with Crippen molar-refractivity contribution in [1.82, 2.24) is 15.3 Å². The molecule has 2 fully saturated rings. The average molecular weight is 285 g/mol. The Morgan fingerprint density at radius 2 is 2.15 bits per heavy atom. The number of urea groups is 1. The van der Waals surface area contributed by atoms with Crippen LogP contribution in [-0.2, 0) is 9.57 Å². The Labute approximate surface area is 121 Å². The number of hydrogen-bond acceptors (Lipinski definition) is 4. The van der Waals surface area contributed by atoms with Gasteiger partial charge in [-0.05, 0) is 25.8 Å². The zero-order chi connectivity index (χ0) is 14.5. The van der Waals surface area contributed by atoms with E-state index in [1.807, 2.05) is 4.90 Å². The summed E-state index contributed by atoms with van der Waals surface area (Å²) in [7, 11) is 2.09. The lowest BCUT2D eigenvalue weighted by atomic mass is 10.0. The fourth-order valence-corrected chi connectivity index (χ4v) is 2.76. The quantitative estimate of drug-likeness (QED) is 0.797. The van der Waals surface area contributed by atoms with Crippen LogP contribution in [0.3, 0.4) is 0 Å². The van der Waals surface area contributed by atoms with Gasteiger partial charge in [-0.25, -0.2) is 15.1 Å². The van der Waals surface area contributed by atoms with Crippen LogP contribution in [0, 0.1) is 5.92 Å². The van der Waals surface area contributed by atoms with E-state index in [-0.39, 0.29) is 18.4 Å². The van der Waals surface area contributed by atoms with Crippen LogP contribution >= 0.6 is 0 Å². The zero-order valence-electron chi connectivity index (χ0n) is 12.8. The summed E-state index contributed by atoms with van der Waals surface area (Å²) in [4.78, 5) is 21.8. The molecule has 6 nitrogen and oxygen atoms in total. The monoisotopic (exact) mass is 285 g/mol. The summed E-state index contributed by atoms with van der Waals surface area (Å²) >= 11 is 0. The fourth-order valence-electron chi connectivity index (χ4n) is 2.76. The number of hydroxylamine groups is 1. The van der Waals surface area contributed by atoms with Crippen molar-refractivity contribution in [2.75, 3.05) is 33.3 Å². The van der Waals surface area contributed by atoms with Crippen molar-refractivity contribution in [3.63, 3.8) is 0 Å². The van der Waals surface area contributed by atoms with Crippen molar-refractivity contribution in [3.8, 4) is 0 Å². The Bertz CT molecular complexity index is 319. The lowest BCUT2D eigenvalue weighted by Crippen LogP contribution is -2.58. The van der Waals surface area contributed by atoms with E-state index >= 15 is 0 Å². The maximum Gasteiger partial charge on any atom is 0.341 e. The maximum atomic E-state index is 12.3. The Kier molecular flexibility index (Phi) is 5.63. The number of amides is 2. The molecule has 0 bridgehead atoms. The van der Waals surface area contributed by atoms with Gasteiger partial charge in [0.15, 0.2) is 6.29 Å². The highest BCUT2D eigenvalue weighted by Gasteiger charge is 2.31. The molecule has 2 atom stereocenters. The summed E-state index contributed by atoms with van der Waals surface area (Å²) in [6, 6.07) is 0.0793. The molecule has 2 rings (SSSR count). The van der Waals surface area contributed by atoms with E-state index in [2.05, 4.69) is 31.3 Å². The lowest BCUT2D eigenvalue weighted by Gasteiger charge is -2.42. The van der Waals surface area contributed by atoms with Gasteiger partial charge in [-0.2, -0.15) is 0 Å². The molecule has 2 aliphatic rings. The third-order valence-corrected chi connectivity index (χ3v) is 4.07. The number of rotatable bonds is 3. The molecule has 116 valence electrons. The predicted octanol–water partition coefficient (Wildman–Crippen LogP) is 1.43. The molecule has 0 saturated carbocycles. The molecule has 2 saturated heterocycles. The molecule has 2 aliphatic heterocycles. The molecule has 20 heavy (non-hydrogen) atoms. The van der Waals surface area contributed by atoms with Crippen LogP contribution in [0.4, 0.5) is 4.79 Å². The fraction of sp³-hybridized carbons (Fsp3) is 0.929. The van der Waals surface area contributed by atoms with Gasteiger partial charge in [0.25, 0.3) is 0 Å². The second kappa shape index (κ2) is 7.24. The zero-order valence-corrected chi connectivity index (χ0v) is 12.8. The van der Waals surface area contributed by atoms with E-state index in [1.54, 1.807) is 0 Å². The summed E-state index contributed by atoms with van der Waals surface area (Å²) < 4.78 is 5.44. The number of hydrogen-bond donors (Lipinski definition) is 1. The first-order chi connectivity index (χ1) is 9.58. The minimum Gasteiger partial charge on any atom is -0.350 e. The SMILES string of the molecule is CC(C)[C@@H]1CN(C)CCN1C(=O)NO[C@@H]1CCCCO1. The first-order valence-electron chi connectivity index (χ1n) is 7.60. The van der Waals surface area contributed by atoms with Gasteiger partial charge >= 0.3 is 6.03 Å². The second-order valence-electron chi connectivity index (χ2n) is 6.09. The number of carbonyl (C=O) groups is 1. The molecule has 2 heterocycles. The van der Waals surface area contributed by atoms with Gasteiger partial charge in [0.05, 0.1) is 0 Å². The Balaban J connectivity index is 1.83. The third kappa shape index (κ3) is 4.07. The van der Waals surface area contributed by atoms with Crippen molar-refractivity contribution >= 4 is 6.03 Å². The molecule has 0 aliphatic carbocycles. The summed E-state index contributed by atoms with van der Waals surface area (Å²) in [5.74, 6) is 0.425. The summed E-state index contributed by atoms with van der Waals surface area (Å²) in [5, 5.41) is 0. The Morgan fingerprint density at radius 1 is 1.35 bits per heavy atom. The Morgan fingerprint density at radius 3 is 2.80 bits per heavy atom. The smallest absolute Gasteiger partial charge is 0.341 e. The van der Waals surface area contributed by atoms with Crippen LogP contribution in [0.1, 0.15) is 33.1 Å². The number of nitrogens with one attached hydrogen (secondary N) is 1. The van der Waals surface area contributed by atoms with Crippen LogP contribution < -0.4 is 5.48 Å². The topological polar surface area (TPSA) is 54.0 Å². The maximum absolute atomic E-state index is 12.3. The second-order valence-corrected chi connectivity index (χ2v) is 6.09. The molecular weight excluding hydrogens is 258 g/mol. The standard InChI is InChI=1S/C14H27N3O3/c1-11(2)12-10-16(3)7-8-17(12)14(18)15-20-13-6-4-5-9-19-13/h11-13H,4-10H2,1-3H3,(H,15,18)/t12-,13+/m0/s1. The summed E-state index contributed by atoms with van der Waals surface area (Å²) in [6.45, 7) is 7.55. The van der Waals surface area contributed by atoms with E-state index in [4.69, 9.17) is 9.57 Å². The van der Waals surface area contributed by atoms with Crippen LogP contribution in [-0.4, -0.2) is 61.5 Å². The van der Waals surface area contributed by atoms with Crippen LogP contribution in [0.15, 0.2) is 0 Å². The molecule has 0 radical (unpaired) electrons. The molecule has 1 N–H and O–H groups in total. The minimum absolute atomic E-state index is 0.147. The van der Waals surface area contributed by atoms with Crippen LogP contribution in [0.2, 0.25) is 0 Å². The van der Waals surface area contributed by atoms with Gasteiger partial charge in [-0.3, -0.25) is 0 Å². The minimum atomic E-state index is -0.294. The molecule has 2 amide bonds. The van der Waals surface area contributed by atoms with E-state index in [1.165, 1.54) is 0 Å².